The van der Waals surface area contributed by atoms with Crippen LogP contribution in [0, 0.1) is 0 Å². The Balaban J connectivity index is 2.36. The van der Waals surface area contributed by atoms with Crippen LogP contribution in [0.4, 0.5) is 0 Å². The molecule has 1 aliphatic carbocycles. The summed E-state index contributed by atoms with van der Waals surface area (Å²) in [6.45, 7) is 5.80. The minimum Gasteiger partial charge on any atom is -0.479 e. The summed E-state index contributed by atoms with van der Waals surface area (Å²) < 4.78 is 5.75. The number of carbonyl (C=O) groups is 2. The molecule has 0 aromatic carbocycles. The van der Waals surface area contributed by atoms with Crippen molar-refractivity contribution in [3.05, 3.63) is 0 Å². The van der Waals surface area contributed by atoms with E-state index >= 15 is 0 Å². The molecule has 1 saturated heterocycles. The van der Waals surface area contributed by atoms with E-state index in [0.29, 0.717) is 19.4 Å². The topological polar surface area (TPSA) is 66.8 Å². The minimum atomic E-state index is -1.09. The molecule has 5 heteroatoms. The quantitative estimate of drug-likeness (QED) is 0.845. The summed E-state index contributed by atoms with van der Waals surface area (Å²) in [4.78, 5) is 25.5. The molecule has 0 radical (unpaired) electrons. The predicted octanol–water partition coefficient (Wildman–Crippen LogP) is 1.80. The molecule has 1 heterocycles. The lowest BCUT2D eigenvalue weighted by Crippen LogP contribution is -2.63. The molecule has 2 unspecified atom stereocenters. The lowest BCUT2D eigenvalue weighted by atomic mass is 9.77. The molecular formula is C14H23NO4. The normalized spacial score (nSPS) is 34.9. The Hall–Kier alpha value is -1.10. The molecule has 1 amide bonds. The van der Waals surface area contributed by atoms with Crippen molar-refractivity contribution in [2.45, 2.75) is 70.1 Å². The fourth-order valence-electron chi connectivity index (χ4n) is 3.18. The zero-order valence-corrected chi connectivity index (χ0v) is 11.9. The number of aliphatic carboxylic acids is 1. The third-order valence-electron chi connectivity index (χ3n) is 4.49. The third kappa shape index (κ3) is 2.48. The van der Waals surface area contributed by atoms with Gasteiger partial charge in [0.2, 0.25) is 5.91 Å². The number of rotatable bonds is 4. The highest BCUT2D eigenvalue weighted by Crippen LogP contribution is 2.43. The molecule has 108 valence electrons. The summed E-state index contributed by atoms with van der Waals surface area (Å²) in [7, 11) is 0. The molecule has 2 rings (SSSR count). The summed E-state index contributed by atoms with van der Waals surface area (Å²) >= 11 is 0. The van der Waals surface area contributed by atoms with Crippen LogP contribution < -0.4 is 0 Å². The molecule has 0 aromatic rings. The number of carbonyl (C=O) groups excluding carboxylic acids is 1. The van der Waals surface area contributed by atoms with Gasteiger partial charge >= 0.3 is 5.97 Å². The SMILES string of the molecule is CCC1(C)CC(C(=O)O)(N(C(C)=O)C2CC2)CCO1. The molecule has 1 saturated carbocycles. The summed E-state index contributed by atoms with van der Waals surface area (Å²) in [5, 5.41) is 9.76. The van der Waals surface area contributed by atoms with E-state index in [9.17, 15) is 14.7 Å². The van der Waals surface area contributed by atoms with Gasteiger partial charge in [0.25, 0.3) is 0 Å². The van der Waals surface area contributed by atoms with Gasteiger partial charge < -0.3 is 14.7 Å². The van der Waals surface area contributed by atoms with Crippen LogP contribution in [0.15, 0.2) is 0 Å². The van der Waals surface area contributed by atoms with Crippen molar-refractivity contribution in [2.24, 2.45) is 0 Å². The zero-order valence-electron chi connectivity index (χ0n) is 11.9. The van der Waals surface area contributed by atoms with Crippen molar-refractivity contribution >= 4 is 11.9 Å². The average Bonchev–Trinajstić information content (AvgIpc) is 3.13. The second-order valence-electron chi connectivity index (χ2n) is 6.04. The first-order valence-electron chi connectivity index (χ1n) is 7.02. The van der Waals surface area contributed by atoms with Gasteiger partial charge in [0.05, 0.1) is 12.2 Å². The summed E-state index contributed by atoms with van der Waals surface area (Å²) in [5.74, 6) is -1.03. The second-order valence-corrected chi connectivity index (χ2v) is 6.04. The van der Waals surface area contributed by atoms with Crippen LogP contribution in [0.25, 0.3) is 0 Å². The maximum atomic E-state index is 12.0. The lowest BCUT2D eigenvalue weighted by Gasteiger charge is -2.49. The van der Waals surface area contributed by atoms with E-state index in [1.54, 1.807) is 4.90 Å². The molecule has 1 N–H and O–H groups in total. The van der Waals surface area contributed by atoms with Gasteiger partial charge in [0.15, 0.2) is 0 Å². The van der Waals surface area contributed by atoms with Crippen molar-refractivity contribution in [3.8, 4) is 0 Å². The van der Waals surface area contributed by atoms with Crippen LogP contribution in [0.1, 0.15) is 52.9 Å². The van der Waals surface area contributed by atoms with E-state index in [0.717, 1.165) is 19.3 Å². The Morgan fingerprint density at radius 1 is 1.42 bits per heavy atom. The molecule has 0 spiro atoms. The van der Waals surface area contributed by atoms with E-state index in [4.69, 9.17) is 4.74 Å². The first kappa shape index (κ1) is 14.3. The minimum absolute atomic E-state index is 0.104. The fraction of sp³-hybridized carbons (Fsp3) is 0.857. The van der Waals surface area contributed by atoms with Crippen LogP contribution in [0.2, 0.25) is 0 Å². The Kier molecular flexibility index (Phi) is 3.60. The van der Waals surface area contributed by atoms with Gasteiger partial charge in [-0.3, -0.25) is 4.79 Å². The van der Waals surface area contributed by atoms with Crippen LogP contribution in [-0.2, 0) is 14.3 Å². The number of ether oxygens (including phenoxy) is 1. The number of hydrogen-bond acceptors (Lipinski definition) is 3. The van der Waals surface area contributed by atoms with Crippen LogP contribution in [-0.4, -0.2) is 45.7 Å². The Morgan fingerprint density at radius 2 is 2.05 bits per heavy atom. The standard InChI is InChI=1S/C14H23NO4/c1-4-13(3)9-14(12(17)18,7-8-19-13)15(10(2)16)11-5-6-11/h11H,4-9H2,1-3H3,(H,17,18). The molecular weight excluding hydrogens is 246 g/mol. The molecule has 0 aromatic heterocycles. The Morgan fingerprint density at radius 3 is 2.47 bits per heavy atom. The van der Waals surface area contributed by atoms with E-state index < -0.39 is 17.1 Å². The van der Waals surface area contributed by atoms with Crippen molar-refractivity contribution in [1.29, 1.82) is 0 Å². The van der Waals surface area contributed by atoms with Gasteiger partial charge in [-0.1, -0.05) is 6.92 Å². The Labute approximate surface area is 113 Å². The first-order valence-corrected chi connectivity index (χ1v) is 7.02. The monoisotopic (exact) mass is 269 g/mol. The molecule has 2 atom stereocenters. The van der Waals surface area contributed by atoms with E-state index in [2.05, 4.69) is 0 Å². The highest BCUT2D eigenvalue weighted by Gasteiger charge is 2.56. The van der Waals surface area contributed by atoms with Gasteiger partial charge in [0, 0.05) is 25.8 Å². The molecule has 2 aliphatic rings. The number of amides is 1. The van der Waals surface area contributed by atoms with Crippen LogP contribution in [0.3, 0.4) is 0 Å². The van der Waals surface area contributed by atoms with Crippen molar-refractivity contribution in [2.75, 3.05) is 6.61 Å². The summed E-state index contributed by atoms with van der Waals surface area (Å²) in [6, 6.07) is 0.104. The van der Waals surface area contributed by atoms with Gasteiger partial charge in [-0.2, -0.15) is 0 Å². The third-order valence-corrected chi connectivity index (χ3v) is 4.49. The van der Waals surface area contributed by atoms with E-state index in [1.807, 2.05) is 13.8 Å². The molecule has 1 aliphatic heterocycles. The van der Waals surface area contributed by atoms with Gasteiger partial charge in [-0.15, -0.1) is 0 Å². The zero-order chi connectivity index (χ0) is 14.3. The Bertz CT molecular complexity index is 393. The molecule has 19 heavy (non-hydrogen) atoms. The number of nitrogens with zero attached hydrogens (tertiary/aromatic N) is 1. The number of carboxylic acid groups (broad SMARTS) is 1. The summed E-state index contributed by atoms with van der Waals surface area (Å²) in [5.41, 5.74) is -1.55. The van der Waals surface area contributed by atoms with Crippen molar-refractivity contribution in [3.63, 3.8) is 0 Å². The largest absolute Gasteiger partial charge is 0.479 e. The number of hydrogen-bond donors (Lipinski definition) is 1. The second kappa shape index (κ2) is 4.78. The number of carboxylic acids is 1. The summed E-state index contributed by atoms with van der Waals surface area (Å²) in [6.07, 6.45) is 3.34. The van der Waals surface area contributed by atoms with Crippen LogP contribution >= 0.6 is 0 Å². The fourth-order valence-corrected chi connectivity index (χ4v) is 3.18. The smallest absolute Gasteiger partial charge is 0.329 e. The lowest BCUT2D eigenvalue weighted by molar-refractivity contribution is -0.181. The predicted molar refractivity (Wildman–Crippen MR) is 69.8 cm³/mol. The average molecular weight is 269 g/mol. The molecule has 2 fully saturated rings. The van der Waals surface area contributed by atoms with Crippen LogP contribution in [0.5, 0.6) is 0 Å². The maximum Gasteiger partial charge on any atom is 0.329 e. The highest BCUT2D eigenvalue weighted by atomic mass is 16.5. The molecule has 5 nitrogen and oxygen atoms in total. The van der Waals surface area contributed by atoms with Gasteiger partial charge in [-0.25, -0.2) is 4.79 Å². The molecule has 0 bridgehead atoms. The van der Waals surface area contributed by atoms with E-state index in [-0.39, 0.29) is 11.9 Å². The van der Waals surface area contributed by atoms with Crippen molar-refractivity contribution in [1.82, 2.24) is 4.90 Å². The van der Waals surface area contributed by atoms with Gasteiger partial charge in [0.1, 0.15) is 5.54 Å². The van der Waals surface area contributed by atoms with Gasteiger partial charge in [-0.05, 0) is 26.2 Å². The van der Waals surface area contributed by atoms with E-state index in [1.165, 1.54) is 6.92 Å². The highest BCUT2D eigenvalue weighted by molar-refractivity contribution is 5.87. The maximum absolute atomic E-state index is 12.0. The van der Waals surface area contributed by atoms with Crippen molar-refractivity contribution < 1.29 is 19.4 Å². The first-order chi connectivity index (χ1) is 8.84.